The average Bonchev–Trinajstić information content (AvgIpc) is 2.76. The van der Waals surface area contributed by atoms with E-state index in [2.05, 4.69) is 5.32 Å². The highest BCUT2D eigenvalue weighted by Crippen LogP contribution is 2.14. The van der Waals surface area contributed by atoms with E-state index in [0.717, 1.165) is 5.56 Å². The molecule has 1 aromatic rings. The summed E-state index contributed by atoms with van der Waals surface area (Å²) in [7, 11) is -3.13. The molecule has 0 unspecified atom stereocenters. The first-order valence-corrected chi connectivity index (χ1v) is 8.19. The molecule has 2 rings (SSSR count). The molecule has 1 heterocycles. The van der Waals surface area contributed by atoms with E-state index in [4.69, 9.17) is 5.73 Å². The summed E-state index contributed by atoms with van der Waals surface area (Å²) in [5.74, 6) is 0.00224. The number of amides is 1. The largest absolute Gasteiger partial charge is 0.326 e. The van der Waals surface area contributed by atoms with E-state index in [1.807, 2.05) is 12.1 Å². The number of carbonyl (C=O) groups is 1. The summed E-state index contributed by atoms with van der Waals surface area (Å²) >= 11 is 0. The molecule has 6 nitrogen and oxygen atoms in total. The topological polar surface area (TPSA) is 92.5 Å². The number of hydrogen-bond acceptors (Lipinski definition) is 4. The van der Waals surface area contributed by atoms with Gasteiger partial charge in [0.2, 0.25) is 15.9 Å². The van der Waals surface area contributed by atoms with Gasteiger partial charge in [0, 0.05) is 31.7 Å². The number of nitrogens with zero attached hydrogens (tertiary/aromatic N) is 1. The van der Waals surface area contributed by atoms with Gasteiger partial charge in [0.05, 0.1) is 5.75 Å². The second-order valence-corrected chi connectivity index (χ2v) is 6.86. The van der Waals surface area contributed by atoms with Gasteiger partial charge < -0.3 is 11.1 Å². The predicted molar refractivity (Wildman–Crippen MR) is 84.8 cm³/mol. The molecule has 1 saturated heterocycles. The first-order valence-electron chi connectivity index (χ1n) is 6.58. The second-order valence-electron chi connectivity index (χ2n) is 4.77. The van der Waals surface area contributed by atoms with Crippen molar-refractivity contribution in [2.24, 2.45) is 5.73 Å². The van der Waals surface area contributed by atoms with E-state index in [9.17, 15) is 13.2 Å². The van der Waals surface area contributed by atoms with Crippen molar-refractivity contribution in [3.63, 3.8) is 0 Å². The van der Waals surface area contributed by atoms with Gasteiger partial charge in [0.15, 0.2) is 0 Å². The number of carbonyl (C=O) groups excluding carboxylic acids is 1. The molecule has 118 valence electrons. The Bertz CT molecular complexity index is 575. The van der Waals surface area contributed by atoms with Gasteiger partial charge in [0.1, 0.15) is 0 Å². The van der Waals surface area contributed by atoms with E-state index in [1.165, 1.54) is 4.31 Å². The fourth-order valence-corrected chi connectivity index (χ4v) is 3.65. The normalized spacial score (nSPS) is 17.2. The van der Waals surface area contributed by atoms with E-state index < -0.39 is 10.0 Å². The molecular formula is C13H20ClN3O3S. The Morgan fingerprint density at radius 2 is 1.95 bits per heavy atom. The van der Waals surface area contributed by atoms with Crippen molar-refractivity contribution in [1.82, 2.24) is 4.31 Å². The van der Waals surface area contributed by atoms with Gasteiger partial charge in [-0.2, -0.15) is 0 Å². The lowest BCUT2D eigenvalue weighted by atomic mass is 10.2. The third kappa shape index (κ3) is 4.96. The minimum absolute atomic E-state index is 0. The molecule has 1 aliphatic heterocycles. The quantitative estimate of drug-likeness (QED) is 0.838. The molecule has 0 aromatic heterocycles. The minimum Gasteiger partial charge on any atom is -0.326 e. The fourth-order valence-electron chi connectivity index (χ4n) is 2.12. The van der Waals surface area contributed by atoms with Crippen LogP contribution in [-0.4, -0.2) is 37.5 Å². The second kappa shape index (κ2) is 7.74. The van der Waals surface area contributed by atoms with Crippen LogP contribution in [0.25, 0.3) is 0 Å². The van der Waals surface area contributed by atoms with E-state index >= 15 is 0 Å². The number of anilines is 1. The maximum absolute atomic E-state index is 11.8. The van der Waals surface area contributed by atoms with E-state index in [-0.39, 0.29) is 37.0 Å². The van der Waals surface area contributed by atoms with Crippen LogP contribution in [-0.2, 0) is 21.4 Å². The molecule has 21 heavy (non-hydrogen) atoms. The summed E-state index contributed by atoms with van der Waals surface area (Å²) < 4.78 is 24.6. The highest BCUT2D eigenvalue weighted by Gasteiger charge is 2.28. The number of benzene rings is 1. The molecule has 0 aliphatic carbocycles. The minimum atomic E-state index is -3.13. The summed E-state index contributed by atoms with van der Waals surface area (Å²) in [6, 6.07) is 7.26. The van der Waals surface area contributed by atoms with Crippen molar-refractivity contribution in [3.8, 4) is 0 Å². The first-order chi connectivity index (χ1) is 9.51. The average molecular weight is 334 g/mol. The molecule has 0 spiro atoms. The third-order valence-electron chi connectivity index (χ3n) is 3.26. The number of halogens is 1. The van der Waals surface area contributed by atoms with Gasteiger partial charge in [-0.1, -0.05) is 12.1 Å². The maximum Gasteiger partial charge on any atom is 0.225 e. The highest BCUT2D eigenvalue weighted by atomic mass is 35.5. The van der Waals surface area contributed by atoms with Crippen LogP contribution < -0.4 is 11.1 Å². The molecule has 1 aromatic carbocycles. The summed E-state index contributed by atoms with van der Waals surface area (Å²) in [6.07, 6.45) is 0.808. The Hall–Kier alpha value is -1.15. The summed E-state index contributed by atoms with van der Waals surface area (Å²) in [4.78, 5) is 11.8. The molecular weight excluding hydrogens is 314 g/mol. The smallest absolute Gasteiger partial charge is 0.225 e. The highest BCUT2D eigenvalue weighted by molar-refractivity contribution is 7.89. The molecule has 3 N–H and O–H groups in total. The van der Waals surface area contributed by atoms with Crippen molar-refractivity contribution in [2.45, 2.75) is 19.4 Å². The Morgan fingerprint density at radius 3 is 2.48 bits per heavy atom. The SMILES string of the molecule is Cl.NCc1ccc(NC(=O)CCN2CCCS2(=O)=O)cc1. The molecule has 8 heteroatoms. The van der Waals surface area contributed by atoms with Crippen LogP contribution in [0, 0.1) is 0 Å². The van der Waals surface area contributed by atoms with Crippen molar-refractivity contribution in [2.75, 3.05) is 24.2 Å². The molecule has 0 saturated carbocycles. The van der Waals surface area contributed by atoms with Crippen LogP contribution in [0.5, 0.6) is 0 Å². The number of rotatable bonds is 5. The zero-order valence-electron chi connectivity index (χ0n) is 11.6. The Morgan fingerprint density at radius 1 is 1.29 bits per heavy atom. The van der Waals surface area contributed by atoms with Crippen LogP contribution in [0.15, 0.2) is 24.3 Å². The van der Waals surface area contributed by atoms with E-state index in [1.54, 1.807) is 12.1 Å². The summed E-state index contributed by atoms with van der Waals surface area (Å²) in [5, 5.41) is 2.74. The fraction of sp³-hybridized carbons (Fsp3) is 0.462. The number of sulfonamides is 1. The van der Waals surface area contributed by atoms with Gasteiger partial charge in [-0.15, -0.1) is 12.4 Å². The number of nitrogens with one attached hydrogen (secondary N) is 1. The zero-order valence-corrected chi connectivity index (χ0v) is 13.3. The van der Waals surface area contributed by atoms with Crippen LogP contribution in [0.4, 0.5) is 5.69 Å². The van der Waals surface area contributed by atoms with Gasteiger partial charge in [-0.05, 0) is 24.1 Å². The Balaban J connectivity index is 0.00000220. The van der Waals surface area contributed by atoms with Gasteiger partial charge in [0.25, 0.3) is 0 Å². The van der Waals surface area contributed by atoms with Gasteiger partial charge in [-0.25, -0.2) is 12.7 Å². The van der Waals surface area contributed by atoms with E-state index in [0.29, 0.717) is 25.2 Å². The number of nitrogens with two attached hydrogens (primary N) is 1. The molecule has 0 radical (unpaired) electrons. The lowest BCUT2D eigenvalue weighted by molar-refractivity contribution is -0.116. The summed E-state index contributed by atoms with van der Waals surface area (Å²) in [5.41, 5.74) is 7.18. The Labute approximate surface area is 131 Å². The monoisotopic (exact) mass is 333 g/mol. The van der Waals surface area contributed by atoms with Crippen molar-refractivity contribution >= 4 is 34.0 Å². The maximum atomic E-state index is 11.8. The van der Waals surface area contributed by atoms with Crippen LogP contribution >= 0.6 is 12.4 Å². The van der Waals surface area contributed by atoms with Crippen molar-refractivity contribution in [3.05, 3.63) is 29.8 Å². The predicted octanol–water partition coefficient (Wildman–Crippen LogP) is 0.931. The van der Waals surface area contributed by atoms with Gasteiger partial charge in [-0.3, -0.25) is 4.79 Å². The molecule has 0 atom stereocenters. The lowest BCUT2D eigenvalue weighted by Gasteiger charge is -2.13. The molecule has 1 amide bonds. The molecule has 1 fully saturated rings. The third-order valence-corrected chi connectivity index (χ3v) is 5.22. The van der Waals surface area contributed by atoms with Crippen molar-refractivity contribution in [1.29, 1.82) is 0 Å². The van der Waals surface area contributed by atoms with Crippen LogP contribution in [0.3, 0.4) is 0 Å². The standard InChI is InChI=1S/C13H19N3O3S.ClH/c14-10-11-2-4-12(5-3-11)15-13(17)6-8-16-7-1-9-20(16,18)19;/h2-5H,1,6-10,14H2,(H,15,17);1H. The van der Waals surface area contributed by atoms with Crippen LogP contribution in [0.2, 0.25) is 0 Å². The summed E-state index contributed by atoms with van der Waals surface area (Å²) in [6.45, 7) is 1.22. The molecule has 0 bridgehead atoms. The number of hydrogen-bond donors (Lipinski definition) is 2. The molecule has 1 aliphatic rings. The Kier molecular flexibility index (Phi) is 6.60. The van der Waals surface area contributed by atoms with Gasteiger partial charge >= 0.3 is 0 Å². The first kappa shape index (κ1) is 17.9. The zero-order chi connectivity index (χ0) is 14.6. The van der Waals surface area contributed by atoms with Crippen molar-refractivity contribution < 1.29 is 13.2 Å². The lowest BCUT2D eigenvalue weighted by Crippen LogP contribution is -2.29. The van der Waals surface area contributed by atoms with Crippen LogP contribution in [0.1, 0.15) is 18.4 Å².